The molecule has 0 radical (unpaired) electrons. The molecule has 1 aromatic heterocycles. The number of nitrogens with one attached hydrogen (secondary N) is 1. The van der Waals surface area contributed by atoms with Gasteiger partial charge in [-0.1, -0.05) is 24.3 Å². The van der Waals surface area contributed by atoms with E-state index in [1.165, 1.54) is 79.1 Å². The van der Waals surface area contributed by atoms with Crippen LogP contribution in [0.25, 0.3) is 0 Å². The number of halogens is 2. The number of nitrogens with zero attached hydrogens (tertiary/aromatic N) is 3. The minimum atomic E-state index is -1.15. The molecule has 1 atom stereocenters. The summed E-state index contributed by atoms with van der Waals surface area (Å²) in [7, 11) is 1.49. The van der Waals surface area contributed by atoms with Gasteiger partial charge < -0.3 is 15.0 Å². The second kappa shape index (κ2) is 11.2. The first-order chi connectivity index (χ1) is 17.4. The molecule has 4 rings (SSSR count). The number of hydrogen-bond acceptors (Lipinski definition) is 5. The molecule has 182 valence electrons. The predicted octanol–water partition coefficient (Wildman–Crippen LogP) is 4.79. The first kappa shape index (κ1) is 24.5. The zero-order valence-electron chi connectivity index (χ0n) is 19.3. The Morgan fingerprint density at radius 2 is 1.67 bits per heavy atom. The molecule has 7 nitrogen and oxygen atoms in total. The van der Waals surface area contributed by atoms with Crippen molar-refractivity contribution in [2.45, 2.75) is 12.6 Å². The summed E-state index contributed by atoms with van der Waals surface area (Å²) in [4.78, 5) is 36.8. The van der Waals surface area contributed by atoms with Crippen LogP contribution in [0, 0.1) is 11.6 Å². The second-order valence-corrected chi connectivity index (χ2v) is 7.83. The van der Waals surface area contributed by atoms with Gasteiger partial charge in [0.1, 0.15) is 29.1 Å². The number of methoxy groups -OCH3 is 1. The fraction of sp³-hybridized carbons (Fsp3) is 0.111. The van der Waals surface area contributed by atoms with Gasteiger partial charge in [0.25, 0.3) is 11.8 Å². The maximum Gasteiger partial charge on any atom is 0.275 e. The normalized spacial score (nSPS) is 11.4. The van der Waals surface area contributed by atoms with E-state index in [1.54, 1.807) is 24.3 Å². The molecule has 1 heterocycles. The molecular formula is C27H22F2N4O3. The van der Waals surface area contributed by atoms with E-state index in [-0.39, 0.29) is 12.2 Å². The zero-order valence-corrected chi connectivity index (χ0v) is 19.3. The van der Waals surface area contributed by atoms with Crippen molar-refractivity contribution in [1.82, 2.24) is 14.9 Å². The van der Waals surface area contributed by atoms with Gasteiger partial charge >= 0.3 is 0 Å². The first-order valence-electron chi connectivity index (χ1n) is 11.0. The highest BCUT2D eigenvalue weighted by molar-refractivity contribution is 6.00. The van der Waals surface area contributed by atoms with Crippen molar-refractivity contribution in [1.29, 1.82) is 0 Å². The number of carbonyl (C=O) groups excluding carboxylic acids is 2. The topological polar surface area (TPSA) is 84.4 Å². The number of ether oxygens (including phenoxy) is 1. The lowest BCUT2D eigenvalue weighted by molar-refractivity contribution is -0.121. The summed E-state index contributed by atoms with van der Waals surface area (Å²) in [6.07, 6.45) is 4.12. The van der Waals surface area contributed by atoms with E-state index in [0.29, 0.717) is 22.6 Å². The van der Waals surface area contributed by atoms with Gasteiger partial charge in [0.05, 0.1) is 13.3 Å². The molecule has 0 aliphatic rings. The fourth-order valence-electron chi connectivity index (χ4n) is 3.65. The Bertz CT molecular complexity index is 1330. The second-order valence-electron chi connectivity index (χ2n) is 7.83. The van der Waals surface area contributed by atoms with E-state index in [1.807, 2.05) is 0 Å². The Hall–Kier alpha value is -4.66. The van der Waals surface area contributed by atoms with Crippen molar-refractivity contribution >= 4 is 17.5 Å². The number of anilines is 1. The van der Waals surface area contributed by atoms with E-state index in [9.17, 15) is 18.4 Å². The molecule has 3 aromatic carbocycles. The highest BCUT2D eigenvalue weighted by atomic mass is 19.1. The van der Waals surface area contributed by atoms with Crippen LogP contribution in [0.5, 0.6) is 5.75 Å². The maximum atomic E-state index is 13.7. The third kappa shape index (κ3) is 5.87. The zero-order chi connectivity index (χ0) is 25.5. The molecule has 1 N–H and O–H groups in total. The van der Waals surface area contributed by atoms with E-state index < -0.39 is 29.5 Å². The van der Waals surface area contributed by atoms with Crippen LogP contribution in [0.15, 0.2) is 91.4 Å². The van der Waals surface area contributed by atoms with E-state index in [4.69, 9.17) is 4.74 Å². The summed E-state index contributed by atoms with van der Waals surface area (Å²) in [6, 6.07) is 16.5. The number of amides is 2. The Kier molecular flexibility index (Phi) is 7.60. The number of hydrogen-bond donors (Lipinski definition) is 1. The fourth-order valence-corrected chi connectivity index (χ4v) is 3.65. The molecule has 0 saturated carbocycles. The number of rotatable bonds is 8. The van der Waals surface area contributed by atoms with Gasteiger partial charge in [-0.2, -0.15) is 0 Å². The molecule has 0 aliphatic carbocycles. The molecule has 0 aliphatic heterocycles. The molecule has 0 fully saturated rings. The van der Waals surface area contributed by atoms with E-state index >= 15 is 0 Å². The van der Waals surface area contributed by atoms with Gasteiger partial charge in [0.2, 0.25) is 0 Å². The van der Waals surface area contributed by atoms with Crippen LogP contribution in [0.1, 0.15) is 27.7 Å². The molecule has 9 heteroatoms. The summed E-state index contributed by atoms with van der Waals surface area (Å²) < 4.78 is 32.3. The quantitative estimate of drug-likeness (QED) is 0.386. The smallest absolute Gasteiger partial charge is 0.275 e. The number of aromatic nitrogens is 2. The van der Waals surface area contributed by atoms with Crippen molar-refractivity contribution in [3.8, 4) is 5.75 Å². The van der Waals surface area contributed by atoms with E-state index in [0.717, 1.165) is 0 Å². The molecule has 4 aromatic rings. The SMILES string of the molecule is COc1cccc([C@@H](C(=O)Nc2ccc(F)cc2)N(Cc2ccc(F)cc2)C(=O)c2cnccn2)c1. The monoisotopic (exact) mass is 488 g/mol. The van der Waals surface area contributed by atoms with Gasteiger partial charge in [-0.15, -0.1) is 0 Å². The Morgan fingerprint density at radius 1 is 0.972 bits per heavy atom. The Morgan fingerprint density at radius 3 is 2.31 bits per heavy atom. The van der Waals surface area contributed by atoms with Crippen molar-refractivity contribution in [3.63, 3.8) is 0 Å². The van der Waals surface area contributed by atoms with Gasteiger partial charge in [-0.05, 0) is 59.7 Å². The third-order valence-electron chi connectivity index (χ3n) is 5.39. The molecule has 0 spiro atoms. The highest BCUT2D eigenvalue weighted by Gasteiger charge is 2.33. The largest absolute Gasteiger partial charge is 0.497 e. The van der Waals surface area contributed by atoms with Crippen LogP contribution in [-0.4, -0.2) is 33.8 Å². The van der Waals surface area contributed by atoms with Crippen molar-refractivity contribution < 1.29 is 23.1 Å². The number of carbonyl (C=O) groups is 2. The summed E-state index contributed by atoms with van der Waals surface area (Å²) in [5, 5.41) is 2.75. The van der Waals surface area contributed by atoms with Crippen LogP contribution in [0.2, 0.25) is 0 Å². The van der Waals surface area contributed by atoms with Crippen molar-refractivity contribution in [2.75, 3.05) is 12.4 Å². The summed E-state index contributed by atoms with van der Waals surface area (Å²) >= 11 is 0. The Balaban J connectivity index is 1.80. The lowest BCUT2D eigenvalue weighted by Gasteiger charge is -2.31. The highest BCUT2D eigenvalue weighted by Crippen LogP contribution is 2.29. The Labute approximate surface area is 206 Å². The van der Waals surface area contributed by atoms with Crippen molar-refractivity contribution in [3.05, 3.63) is 120 Å². The summed E-state index contributed by atoms with van der Waals surface area (Å²) in [5.41, 5.74) is 1.44. The standard InChI is InChI=1S/C27H22F2N4O3/c1-36-23-4-2-3-19(15-23)25(26(34)32-22-11-9-21(29)10-12-22)33(17-18-5-7-20(28)8-6-18)27(35)24-16-30-13-14-31-24/h2-16,25H,17H2,1H3,(H,32,34)/t25-/m0/s1. The minimum absolute atomic E-state index is 0.0297. The van der Waals surface area contributed by atoms with Crippen LogP contribution in [0.3, 0.4) is 0 Å². The van der Waals surface area contributed by atoms with Crippen LogP contribution >= 0.6 is 0 Å². The average Bonchev–Trinajstić information content (AvgIpc) is 2.91. The van der Waals surface area contributed by atoms with Crippen LogP contribution in [0.4, 0.5) is 14.5 Å². The summed E-state index contributed by atoms with van der Waals surface area (Å²) in [6.45, 7) is -0.0333. The van der Waals surface area contributed by atoms with Gasteiger partial charge in [0, 0.05) is 24.6 Å². The van der Waals surface area contributed by atoms with E-state index in [2.05, 4.69) is 15.3 Å². The molecule has 36 heavy (non-hydrogen) atoms. The van der Waals surface area contributed by atoms with Gasteiger partial charge in [-0.3, -0.25) is 14.6 Å². The predicted molar refractivity (Wildman–Crippen MR) is 129 cm³/mol. The summed E-state index contributed by atoms with van der Waals surface area (Å²) in [5.74, 6) is -1.50. The lowest BCUT2D eigenvalue weighted by atomic mass is 10.0. The van der Waals surface area contributed by atoms with Crippen LogP contribution < -0.4 is 10.1 Å². The average molecular weight is 488 g/mol. The third-order valence-corrected chi connectivity index (χ3v) is 5.39. The lowest BCUT2D eigenvalue weighted by Crippen LogP contribution is -2.41. The molecule has 0 bridgehead atoms. The number of benzene rings is 3. The molecule has 2 amide bonds. The van der Waals surface area contributed by atoms with Crippen molar-refractivity contribution in [2.24, 2.45) is 0 Å². The molecular weight excluding hydrogens is 466 g/mol. The van der Waals surface area contributed by atoms with Gasteiger partial charge in [0.15, 0.2) is 0 Å². The van der Waals surface area contributed by atoms with Gasteiger partial charge in [-0.25, -0.2) is 13.8 Å². The molecule has 0 unspecified atom stereocenters. The first-order valence-corrected chi connectivity index (χ1v) is 11.0. The molecule has 0 saturated heterocycles. The van der Waals surface area contributed by atoms with Crippen LogP contribution in [-0.2, 0) is 11.3 Å². The maximum absolute atomic E-state index is 13.7. The minimum Gasteiger partial charge on any atom is -0.497 e.